The Bertz CT molecular complexity index is 1120. The first-order valence-electron chi connectivity index (χ1n) is 10.0. The van der Waals surface area contributed by atoms with Crippen molar-refractivity contribution in [3.8, 4) is 5.75 Å². The predicted octanol–water partition coefficient (Wildman–Crippen LogP) is 2.08. The van der Waals surface area contributed by atoms with E-state index in [-0.39, 0.29) is 31.5 Å². The highest BCUT2D eigenvalue weighted by Crippen LogP contribution is 2.17. The van der Waals surface area contributed by atoms with Crippen LogP contribution < -0.4 is 15.4 Å². The van der Waals surface area contributed by atoms with Crippen molar-refractivity contribution in [1.29, 1.82) is 0 Å². The van der Waals surface area contributed by atoms with Gasteiger partial charge in [-0.3, -0.25) is 14.3 Å². The summed E-state index contributed by atoms with van der Waals surface area (Å²) in [4.78, 5) is 28.2. The second kappa shape index (κ2) is 10.6. The topological polar surface area (TPSA) is 124 Å². The Morgan fingerprint density at radius 1 is 1.12 bits per heavy atom. The Morgan fingerprint density at radius 2 is 1.88 bits per heavy atom. The first-order valence-corrected chi connectivity index (χ1v) is 11.1. The Labute approximate surface area is 199 Å². The van der Waals surface area contributed by atoms with Gasteiger partial charge in [-0.25, -0.2) is 0 Å². The van der Waals surface area contributed by atoms with Crippen LogP contribution in [0.1, 0.15) is 39.0 Å². The first-order chi connectivity index (χ1) is 15.2. The molecule has 3 rings (SSSR count). The zero-order valence-electron chi connectivity index (χ0n) is 18.4. The first kappa shape index (κ1) is 23.7. The second-order valence-corrected chi connectivity index (χ2v) is 8.38. The molecule has 0 aliphatic heterocycles. The van der Waals surface area contributed by atoms with Gasteiger partial charge in [0, 0.05) is 18.8 Å². The summed E-state index contributed by atoms with van der Waals surface area (Å²) in [5, 5.41) is 13.6. The molecule has 0 unspecified atom stereocenters. The number of hydrogen-bond donors (Lipinski definition) is 2. The maximum atomic E-state index is 12.2. The molecule has 0 radical (unpaired) electrons. The molecule has 0 atom stereocenters. The largest absolute Gasteiger partial charge is 0.484 e. The summed E-state index contributed by atoms with van der Waals surface area (Å²) < 4.78 is 13.4. The number of aryl methyl sites for hydroxylation is 3. The number of carbonyl (C=O) groups is 2. The van der Waals surface area contributed by atoms with Gasteiger partial charge in [-0.2, -0.15) is 10.1 Å². The van der Waals surface area contributed by atoms with E-state index >= 15 is 0 Å². The van der Waals surface area contributed by atoms with Crippen LogP contribution in [-0.2, 0) is 11.3 Å². The summed E-state index contributed by atoms with van der Waals surface area (Å²) in [7, 11) is 0. The number of hydrogen-bond acceptors (Lipinski definition) is 7. The van der Waals surface area contributed by atoms with Crippen molar-refractivity contribution in [1.82, 2.24) is 30.6 Å². The van der Waals surface area contributed by atoms with E-state index in [0.29, 0.717) is 18.1 Å². The van der Waals surface area contributed by atoms with E-state index in [0.717, 1.165) is 26.1 Å². The second-order valence-electron chi connectivity index (χ2n) is 7.30. The van der Waals surface area contributed by atoms with E-state index < -0.39 is 5.91 Å². The van der Waals surface area contributed by atoms with Gasteiger partial charge in [0.05, 0.1) is 9.26 Å². The summed E-state index contributed by atoms with van der Waals surface area (Å²) in [5.74, 6) is 0.0675. The van der Waals surface area contributed by atoms with Crippen molar-refractivity contribution in [2.45, 2.75) is 34.2 Å². The van der Waals surface area contributed by atoms with Crippen LogP contribution in [-0.4, -0.2) is 51.4 Å². The molecule has 11 heteroatoms. The molecular weight excluding hydrogens is 527 g/mol. The summed E-state index contributed by atoms with van der Waals surface area (Å²) in [5.41, 5.74) is 4.17. The average Bonchev–Trinajstić information content (AvgIpc) is 3.33. The van der Waals surface area contributed by atoms with Crippen LogP contribution in [0.4, 0.5) is 0 Å². The average molecular weight is 552 g/mol. The van der Waals surface area contributed by atoms with E-state index in [2.05, 4.69) is 48.5 Å². The van der Waals surface area contributed by atoms with Crippen molar-refractivity contribution in [3.05, 3.63) is 56.0 Å². The fourth-order valence-corrected chi connectivity index (χ4v) is 3.22. The minimum Gasteiger partial charge on any atom is -0.484 e. The molecular formula is C21H25IN6O4. The van der Waals surface area contributed by atoms with Gasteiger partial charge >= 0.3 is 11.8 Å². The summed E-state index contributed by atoms with van der Waals surface area (Å²) in [6.07, 6.45) is 0. The number of carbonyl (C=O) groups excluding carboxylic acids is 2. The molecule has 170 valence electrons. The molecule has 0 aliphatic carbocycles. The standard InChI is InChI=1S/C21H25IN6O4/c1-12-5-6-16(9-13(12)2)31-11-18(29)23-7-8-24-20(30)21-25-17(27-32-21)10-28-15(4)19(22)14(3)26-28/h5-6,9H,7-8,10-11H2,1-4H3,(H,23,29)(H,24,30). The van der Waals surface area contributed by atoms with Crippen LogP contribution in [0.3, 0.4) is 0 Å². The smallest absolute Gasteiger partial charge is 0.316 e. The lowest BCUT2D eigenvalue weighted by Crippen LogP contribution is -2.36. The third-order valence-electron chi connectivity index (χ3n) is 4.83. The van der Waals surface area contributed by atoms with Gasteiger partial charge < -0.3 is 19.9 Å². The van der Waals surface area contributed by atoms with Gasteiger partial charge in [0.2, 0.25) is 0 Å². The van der Waals surface area contributed by atoms with Crippen molar-refractivity contribution >= 4 is 34.4 Å². The minimum absolute atomic E-state index is 0.102. The van der Waals surface area contributed by atoms with Crippen LogP contribution in [0.2, 0.25) is 0 Å². The predicted molar refractivity (Wildman–Crippen MR) is 125 cm³/mol. The SMILES string of the molecule is Cc1ccc(OCC(=O)NCCNC(=O)c2nc(Cn3nc(C)c(I)c3C)no2)cc1C. The Hall–Kier alpha value is -2.96. The molecule has 2 aromatic heterocycles. The van der Waals surface area contributed by atoms with Crippen LogP contribution in [0.15, 0.2) is 22.7 Å². The number of nitrogens with one attached hydrogen (secondary N) is 2. The monoisotopic (exact) mass is 552 g/mol. The fraction of sp³-hybridized carbons (Fsp3) is 0.381. The van der Waals surface area contributed by atoms with Gasteiger partial charge in [-0.1, -0.05) is 11.2 Å². The molecule has 0 aliphatic rings. The number of aromatic nitrogens is 4. The molecule has 2 N–H and O–H groups in total. The highest BCUT2D eigenvalue weighted by Gasteiger charge is 2.17. The highest BCUT2D eigenvalue weighted by atomic mass is 127. The normalized spacial score (nSPS) is 10.8. The lowest BCUT2D eigenvalue weighted by Gasteiger charge is -2.09. The van der Waals surface area contributed by atoms with E-state index in [1.54, 1.807) is 4.68 Å². The third-order valence-corrected chi connectivity index (χ3v) is 6.39. The summed E-state index contributed by atoms with van der Waals surface area (Å²) >= 11 is 2.23. The van der Waals surface area contributed by atoms with E-state index in [1.807, 2.05) is 45.9 Å². The van der Waals surface area contributed by atoms with Gasteiger partial charge in [-0.15, -0.1) is 0 Å². The molecule has 0 saturated heterocycles. The van der Waals surface area contributed by atoms with Gasteiger partial charge in [0.25, 0.3) is 5.91 Å². The van der Waals surface area contributed by atoms with Crippen molar-refractivity contribution < 1.29 is 18.8 Å². The number of nitrogens with zero attached hydrogens (tertiary/aromatic N) is 4. The fourth-order valence-electron chi connectivity index (χ4n) is 2.83. The molecule has 2 heterocycles. The quantitative estimate of drug-likeness (QED) is 0.308. The maximum Gasteiger partial charge on any atom is 0.316 e. The zero-order valence-corrected chi connectivity index (χ0v) is 20.5. The third kappa shape index (κ3) is 6.05. The number of amides is 2. The van der Waals surface area contributed by atoms with Gasteiger partial charge in [-0.05, 0) is 73.5 Å². The highest BCUT2D eigenvalue weighted by molar-refractivity contribution is 14.1. The van der Waals surface area contributed by atoms with Crippen LogP contribution >= 0.6 is 22.6 Å². The lowest BCUT2D eigenvalue weighted by molar-refractivity contribution is -0.123. The molecule has 0 bridgehead atoms. The van der Waals surface area contributed by atoms with Crippen LogP contribution in [0, 0.1) is 31.3 Å². The minimum atomic E-state index is -0.507. The Kier molecular flexibility index (Phi) is 7.83. The van der Waals surface area contributed by atoms with Gasteiger partial charge in [0.15, 0.2) is 12.4 Å². The van der Waals surface area contributed by atoms with Crippen molar-refractivity contribution in [2.75, 3.05) is 19.7 Å². The van der Waals surface area contributed by atoms with Gasteiger partial charge in [0.1, 0.15) is 12.3 Å². The molecule has 3 aromatic rings. The molecule has 32 heavy (non-hydrogen) atoms. The summed E-state index contributed by atoms with van der Waals surface area (Å²) in [6.45, 7) is 8.53. The van der Waals surface area contributed by atoms with E-state index in [1.165, 1.54) is 0 Å². The number of ether oxygens (including phenoxy) is 1. The molecule has 1 aromatic carbocycles. The maximum absolute atomic E-state index is 12.2. The zero-order chi connectivity index (χ0) is 23.3. The Balaban J connectivity index is 1.39. The molecule has 0 spiro atoms. The van der Waals surface area contributed by atoms with Crippen molar-refractivity contribution in [2.24, 2.45) is 0 Å². The van der Waals surface area contributed by atoms with Crippen LogP contribution in [0.25, 0.3) is 0 Å². The summed E-state index contributed by atoms with van der Waals surface area (Å²) in [6, 6.07) is 5.65. The molecule has 2 amide bonds. The molecule has 0 fully saturated rings. The Morgan fingerprint density at radius 3 is 2.56 bits per heavy atom. The number of benzene rings is 1. The van der Waals surface area contributed by atoms with E-state index in [4.69, 9.17) is 9.26 Å². The number of rotatable bonds is 9. The lowest BCUT2D eigenvalue weighted by atomic mass is 10.1. The molecule has 10 nitrogen and oxygen atoms in total. The van der Waals surface area contributed by atoms with Crippen molar-refractivity contribution in [3.63, 3.8) is 0 Å². The van der Waals surface area contributed by atoms with Crippen LogP contribution in [0.5, 0.6) is 5.75 Å². The molecule has 0 saturated carbocycles. The van der Waals surface area contributed by atoms with E-state index in [9.17, 15) is 9.59 Å². The number of halogens is 1.